The van der Waals surface area contributed by atoms with Gasteiger partial charge in [0.15, 0.2) is 0 Å². The van der Waals surface area contributed by atoms with E-state index in [9.17, 15) is 0 Å². The largest absolute Gasteiger partial charge is 0.307 e. The first-order valence-electron chi connectivity index (χ1n) is 5.02. The fourth-order valence-corrected chi connectivity index (χ4v) is 2.87. The van der Waals surface area contributed by atoms with Crippen molar-refractivity contribution < 1.29 is 0 Å². The maximum atomic E-state index is 6.29. The van der Waals surface area contributed by atoms with Crippen molar-refractivity contribution in [3.63, 3.8) is 0 Å². The fourth-order valence-electron chi connectivity index (χ4n) is 1.23. The van der Waals surface area contributed by atoms with Gasteiger partial charge in [0, 0.05) is 16.5 Å². The van der Waals surface area contributed by atoms with Crippen molar-refractivity contribution in [2.45, 2.75) is 22.5 Å². The van der Waals surface area contributed by atoms with Gasteiger partial charge >= 0.3 is 0 Å². The summed E-state index contributed by atoms with van der Waals surface area (Å²) in [5.41, 5.74) is 23.2. The topological polar surface area (TPSA) is 104 Å². The second-order valence-corrected chi connectivity index (χ2v) is 6.15. The summed E-state index contributed by atoms with van der Waals surface area (Å²) in [4.78, 5) is 0. The highest BCUT2D eigenvalue weighted by Crippen LogP contribution is 2.28. The molecule has 0 aliphatic carbocycles. The molecule has 0 saturated carbocycles. The van der Waals surface area contributed by atoms with Crippen LogP contribution in [0.25, 0.3) is 0 Å². The van der Waals surface area contributed by atoms with E-state index in [1.165, 1.54) is 23.5 Å². The van der Waals surface area contributed by atoms with Gasteiger partial charge < -0.3 is 22.9 Å². The number of benzene rings is 1. The number of nitrogens with two attached hydrogens (primary N) is 4. The standard InChI is InChI=1S/C10H17ClN4S2/c11-8-6(4-16-9(12)13)2-1-3-7(8)5-17-10(14)15/h1-3,9-10H,4-5,12-15H2. The lowest BCUT2D eigenvalue weighted by molar-refractivity contribution is 0.984. The van der Waals surface area contributed by atoms with Crippen molar-refractivity contribution >= 4 is 35.1 Å². The Morgan fingerprint density at radius 2 is 1.35 bits per heavy atom. The Labute approximate surface area is 115 Å². The minimum atomic E-state index is -0.387. The summed E-state index contributed by atoms with van der Waals surface area (Å²) in [6, 6.07) is 5.89. The summed E-state index contributed by atoms with van der Waals surface area (Å²) in [5.74, 6) is 1.40. The van der Waals surface area contributed by atoms with E-state index < -0.39 is 0 Å². The third-order valence-electron chi connectivity index (χ3n) is 2.02. The van der Waals surface area contributed by atoms with Crippen LogP contribution < -0.4 is 22.9 Å². The number of halogens is 1. The van der Waals surface area contributed by atoms with Crippen LogP contribution >= 0.6 is 35.1 Å². The van der Waals surface area contributed by atoms with Crippen LogP contribution in [-0.4, -0.2) is 11.0 Å². The lowest BCUT2D eigenvalue weighted by atomic mass is 10.1. The number of hydrogen-bond acceptors (Lipinski definition) is 6. The number of rotatable bonds is 6. The van der Waals surface area contributed by atoms with E-state index in [1.807, 2.05) is 18.2 Å². The van der Waals surface area contributed by atoms with Gasteiger partial charge in [0.25, 0.3) is 0 Å². The molecule has 0 amide bonds. The highest BCUT2D eigenvalue weighted by molar-refractivity contribution is 7.99. The van der Waals surface area contributed by atoms with Crippen molar-refractivity contribution in [2.24, 2.45) is 22.9 Å². The highest BCUT2D eigenvalue weighted by atomic mass is 35.5. The first-order valence-corrected chi connectivity index (χ1v) is 7.50. The first-order chi connectivity index (χ1) is 8.00. The molecule has 1 aromatic rings. The van der Waals surface area contributed by atoms with Crippen LogP contribution in [0.15, 0.2) is 18.2 Å². The zero-order chi connectivity index (χ0) is 12.8. The molecule has 1 aromatic carbocycles. The van der Waals surface area contributed by atoms with Crippen LogP contribution in [0.2, 0.25) is 5.02 Å². The number of hydrogen-bond donors (Lipinski definition) is 4. The molecule has 4 nitrogen and oxygen atoms in total. The predicted molar refractivity (Wildman–Crippen MR) is 78.4 cm³/mol. The molecule has 8 N–H and O–H groups in total. The highest BCUT2D eigenvalue weighted by Gasteiger charge is 2.08. The Morgan fingerprint density at radius 1 is 0.941 bits per heavy atom. The quantitative estimate of drug-likeness (QED) is 0.588. The first kappa shape index (κ1) is 15.1. The van der Waals surface area contributed by atoms with Crippen LogP contribution in [0.3, 0.4) is 0 Å². The summed E-state index contributed by atoms with van der Waals surface area (Å²) in [6.45, 7) is 0. The van der Waals surface area contributed by atoms with E-state index >= 15 is 0 Å². The zero-order valence-electron chi connectivity index (χ0n) is 9.30. The van der Waals surface area contributed by atoms with Gasteiger partial charge in [-0.15, -0.1) is 23.5 Å². The number of thioether (sulfide) groups is 2. The summed E-state index contributed by atoms with van der Waals surface area (Å²) >= 11 is 9.18. The van der Waals surface area contributed by atoms with Crippen LogP contribution in [0.4, 0.5) is 0 Å². The minimum absolute atomic E-state index is 0.387. The molecule has 1 rings (SSSR count). The maximum Gasteiger partial charge on any atom is 0.101 e. The van der Waals surface area contributed by atoms with Crippen molar-refractivity contribution in [1.82, 2.24) is 0 Å². The third-order valence-corrected chi connectivity index (χ3v) is 4.23. The molecule has 0 radical (unpaired) electrons. The molecule has 0 atom stereocenters. The molecule has 96 valence electrons. The predicted octanol–water partition coefficient (Wildman–Crippen LogP) is 1.21. The SMILES string of the molecule is NC(N)SCc1cccc(CSC(N)N)c1Cl. The van der Waals surface area contributed by atoms with E-state index in [2.05, 4.69) is 0 Å². The van der Waals surface area contributed by atoms with Gasteiger partial charge in [0.1, 0.15) is 11.0 Å². The van der Waals surface area contributed by atoms with Crippen LogP contribution in [0, 0.1) is 0 Å². The molecule has 0 saturated heterocycles. The van der Waals surface area contributed by atoms with Gasteiger partial charge in [0.05, 0.1) is 0 Å². The van der Waals surface area contributed by atoms with Gasteiger partial charge in [0.2, 0.25) is 0 Å². The molecule has 17 heavy (non-hydrogen) atoms. The average molecular weight is 293 g/mol. The fraction of sp³-hybridized carbons (Fsp3) is 0.400. The average Bonchev–Trinajstić information content (AvgIpc) is 2.25. The lowest BCUT2D eigenvalue weighted by Crippen LogP contribution is -2.26. The summed E-state index contributed by atoms with van der Waals surface area (Å²) in [7, 11) is 0. The van der Waals surface area contributed by atoms with Crippen LogP contribution in [-0.2, 0) is 11.5 Å². The Balaban J connectivity index is 2.69. The smallest absolute Gasteiger partial charge is 0.101 e. The Hall–Kier alpha value is 0.0500. The monoisotopic (exact) mass is 292 g/mol. The molecule has 0 fully saturated rings. The van der Waals surface area contributed by atoms with Crippen LogP contribution in [0.1, 0.15) is 11.1 Å². The lowest BCUT2D eigenvalue weighted by Gasteiger charge is -2.11. The molecule has 0 aliphatic heterocycles. The van der Waals surface area contributed by atoms with Gasteiger partial charge in [-0.05, 0) is 11.1 Å². The van der Waals surface area contributed by atoms with E-state index in [0.29, 0.717) is 11.5 Å². The Bertz CT molecular complexity index is 330. The third kappa shape index (κ3) is 5.48. The van der Waals surface area contributed by atoms with Crippen molar-refractivity contribution in [3.8, 4) is 0 Å². The maximum absolute atomic E-state index is 6.29. The summed E-state index contributed by atoms with van der Waals surface area (Å²) < 4.78 is 0. The second kappa shape index (κ2) is 7.48. The van der Waals surface area contributed by atoms with Crippen molar-refractivity contribution in [3.05, 3.63) is 34.3 Å². The van der Waals surface area contributed by atoms with E-state index in [4.69, 9.17) is 34.5 Å². The van der Waals surface area contributed by atoms with Crippen molar-refractivity contribution in [1.29, 1.82) is 0 Å². The van der Waals surface area contributed by atoms with Gasteiger partial charge in [-0.25, -0.2) is 0 Å². The van der Waals surface area contributed by atoms with Crippen LogP contribution in [0.5, 0.6) is 0 Å². The molecule has 0 heterocycles. The van der Waals surface area contributed by atoms with Gasteiger partial charge in [-0.2, -0.15) is 0 Å². The summed E-state index contributed by atoms with van der Waals surface area (Å²) in [5, 5.41) is 0.744. The van der Waals surface area contributed by atoms with E-state index in [1.54, 1.807) is 0 Å². The molecular formula is C10H17ClN4S2. The minimum Gasteiger partial charge on any atom is -0.307 e. The molecule has 0 aromatic heterocycles. The van der Waals surface area contributed by atoms with E-state index in [-0.39, 0.29) is 11.0 Å². The normalized spacial score (nSPS) is 11.5. The summed E-state index contributed by atoms with van der Waals surface area (Å²) in [6.07, 6.45) is 0. The molecule has 7 heteroatoms. The van der Waals surface area contributed by atoms with E-state index in [0.717, 1.165) is 16.1 Å². The second-order valence-electron chi connectivity index (χ2n) is 3.44. The van der Waals surface area contributed by atoms with Crippen molar-refractivity contribution in [2.75, 3.05) is 0 Å². The van der Waals surface area contributed by atoms with Gasteiger partial charge in [-0.1, -0.05) is 29.8 Å². The zero-order valence-corrected chi connectivity index (χ0v) is 11.7. The Kier molecular flexibility index (Phi) is 6.65. The molecule has 0 bridgehead atoms. The molecule has 0 spiro atoms. The molecule has 0 unspecified atom stereocenters. The molecule has 0 aliphatic rings. The van der Waals surface area contributed by atoms with Gasteiger partial charge in [-0.3, -0.25) is 0 Å². The Morgan fingerprint density at radius 3 is 1.71 bits per heavy atom. The molecular weight excluding hydrogens is 276 g/mol.